The van der Waals surface area contributed by atoms with E-state index in [-0.39, 0.29) is 11.5 Å². The summed E-state index contributed by atoms with van der Waals surface area (Å²) in [6.45, 7) is 5.89. The third-order valence-electron chi connectivity index (χ3n) is 2.09. The first-order chi connectivity index (χ1) is 5.37. The molecule has 0 bridgehead atoms. The maximum atomic E-state index is 11.2. The molecule has 0 aromatic heterocycles. The van der Waals surface area contributed by atoms with Gasteiger partial charge in [0.25, 0.3) is 0 Å². The molecule has 1 aliphatic heterocycles. The van der Waals surface area contributed by atoms with E-state index in [1.54, 1.807) is 0 Å². The summed E-state index contributed by atoms with van der Waals surface area (Å²) in [5.74, 6) is 0. The van der Waals surface area contributed by atoms with Gasteiger partial charge < -0.3 is 0 Å². The lowest BCUT2D eigenvalue weighted by Crippen LogP contribution is -2.26. The molecule has 0 radical (unpaired) electrons. The van der Waals surface area contributed by atoms with Crippen LogP contribution in [0.15, 0.2) is 0 Å². The average Bonchev–Trinajstić information content (AvgIpc) is 2.01. The fraction of sp³-hybridized carbons (Fsp3) is 0.875. The van der Waals surface area contributed by atoms with Crippen LogP contribution in [0.4, 0.5) is 0 Å². The second-order valence-corrected chi connectivity index (χ2v) is 5.29. The molecule has 0 fully saturated rings. The fourth-order valence-electron chi connectivity index (χ4n) is 1.46. The zero-order valence-corrected chi connectivity index (χ0v) is 8.56. The van der Waals surface area contributed by atoms with Gasteiger partial charge in [-0.3, -0.25) is 8.74 Å². The second-order valence-electron chi connectivity index (χ2n) is 3.83. The normalized spacial score (nSPS) is 39.5. The second kappa shape index (κ2) is 3.01. The van der Waals surface area contributed by atoms with Crippen LogP contribution in [0, 0.1) is 5.41 Å². The van der Waals surface area contributed by atoms with Crippen LogP contribution < -0.4 is 0 Å². The van der Waals surface area contributed by atoms with Crippen LogP contribution in [0.25, 0.3) is 0 Å². The Kier molecular flexibility index (Phi) is 2.52. The third-order valence-corrected chi connectivity index (χ3v) is 3.50. The van der Waals surface area contributed by atoms with Gasteiger partial charge in [0.15, 0.2) is 10.1 Å². The Balaban J connectivity index is 2.83. The Morgan fingerprint density at radius 3 is 2.58 bits per heavy atom. The van der Waals surface area contributed by atoms with Gasteiger partial charge in [0.05, 0.1) is 6.10 Å². The molecule has 1 aliphatic rings. The van der Waals surface area contributed by atoms with Gasteiger partial charge in [-0.25, -0.2) is 4.21 Å². The van der Waals surface area contributed by atoms with Crippen LogP contribution >= 0.6 is 0 Å². The van der Waals surface area contributed by atoms with E-state index in [1.807, 2.05) is 20.8 Å². The molecule has 12 heavy (non-hydrogen) atoms. The molecule has 0 spiro atoms. The molecule has 2 unspecified atom stereocenters. The standard InChI is InChI=1S/C8H16O3S/c1-4-5-7-8(2,3)6-12(9,10)11-7/h6-7H,4-5H2,1-3H3,(H,9,10). The summed E-state index contributed by atoms with van der Waals surface area (Å²) < 4.78 is 25.4. The van der Waals surface area contributed by atoms with Crippen LogP contribution in [0.1, 0.15) is 33.6 Å². The highest BCUT2D eigenvalue weighted by Crippen LogP contribution is 2.32. The molecular weight excluding hydrogens is 176 g/mol. The highest BCUT2D eigenvalue weighted by molar-refractivity contribution is 7.92. The summed E-state index contributed by atoms with van der Waals surface area (Å²) in [4.78, 5) is 0. The van der Waals surface area contributed by atoms with E-state index >= 15 is 0 Å². The van der Waals surface area contributed by atoms with E-state index in [0.717, 1.165) is 12.8 Å². The Hall–Kier alpha value is -0.0600. The van der Waals surface area contributed by atoms with Crippen LogP contribution in [-0.2, 0) is 14.3 Å². The van der Waals surface area contributed by atoms with Crippen molar-refractivity contribution >= 4 is 15.5 Å². The lowest BCUT2D eigenvalue weighted by atomic mass is 9.87. The summed E-state index contributed by atoms with van der Waals surface area (Å²) in [6, 6.07) is 0. The van der Waals surface area contributed by atoms with Gasteiger partial charge in [-0.05, 0) is 6.42 Å². The predicted molar refractivity (Wildman–Crippen MR) is 50.4 cm³/mol. The van der Waals surface area contributed by atoms with Gasteiger partial charge in [0.2, 0.25) is 0 Å². The van der Waals surface area contributed by atoms with Gasteiger partial charge in [-0.2, -0.15) is 0 Å². The summed E-state index contributed by atoms with van der Waals surface area (Å²) in [5, 5.41) is 1.42. The summed E-state index contributed by atoms with van der Waals surface area (Å²) in [6.07, 6.45) is 1.69. The minimum Gasteiger partial charge on any atom is -0.294 e. The number of rotatable bonds is 2. The lowest BCUT2D eigenvalue weighted by Gasteiger charge is -2.22. The smallest absolute Gasteiger partial charge is 0.199 e. The van der Waals surface area contributed by atoms with Crippen LogP contribution in [0.5, 0.6) is 0 Å². The Bertz CT molecular complexity index is 274. The summed E-state index contributed by atoms with van der Waals surface area (Å²) >= 11 is 0. The van der Waals surface area contributed by atoms with Gasteiger partial charge in [0, 0.05) is 10.8 Å². The van der Waals surface area contributed by atoms with Crippen molar-refractivity contribution < 1.29 is 12.9 Å². The number of hydrogen-bond donors (Lipinski definition) is 1. The summed E-state index contributed by atoms with van der Waals surface area (Å²) in [5.41, 5.74) is -0.276. The van der Waals surface area contributed by atoms with Crippen LogP contribution in [0.2, 0.25) is 0 Å². The molecule has 1 N–H and O–H groups in total. The molecule has 1 rings (SSSR count). The van der Waals surface area contributed by atoms with Crippen molar-refractivity contribution in [2.75, 3.05) is 0 Å². The van der Waals surface area contributed by atoms with E-state index < -0.39 is 10.1 Å². The lowest BCUT2D eigenvalue weighted by molar-refractivity contribution is 0.130. The third kappa shape index (κ3) is 2.00. The van der Waals surface area contributed by atoms with Crippen molar-refractivity contribution in [1.29, 1.82) is 0 Å². The molecule has 0 saturated carbocycles. The first kappa shape index (κ1) is 10.0. The highest BCUT2D eigenvalue weighted by atomic mass is 32.2. The van der Waals surface area contributed by atoms with E-state index in [4.69, 9.17) is 4.18 Å². The zero-order valence-electron chi connectivity index (χ0n) is 7.74. The topological polar surface area (TPSA) is 46.5 Å². The first-order valence-electron chi connectivity index (χ1n) is 4.18. The van der Waals surface area contributed by atoms with Crippen molar-refractivity contribution in [1.82, 2.24) is 0 Å². The molecule has 0 aromatic rings. The van der Waals surface area contributed by atoms with Gasteiger partial charge in [-0.1, -0.05) is 27.2 Å². The van der Waals surface area contributed by atoms with E-state index in [1.165, 1.54) is 5.37 Å². The monoisotopic (exact) mass is 192 g/mol. The maximum Gasteiger partial charge on any atom is 0.199 e. The largest absolute Gasteiger partial charge is 0.294 e. The molecule has 0 amide bonds. The zero-order chi connectivity index (χ0) is 9.41. The molecule has 0 aromatic carbocycles. The minimum atomic E-state index is -3.10. The number of hydrogen-bond acceptors (Lipinski definition) is 2. The van der Waals surface area contributed by atoms with E-state index in [9.17, 15) is 8.76 Å². The summed E-state index contributed by atoms with van der Waals surface area (Å²) in [7, 11) is -3.10. The highest BCUT2D eigenvalue weighted by Gasteiger charge is 2.37. The minimum absolute atomic E-state index is 0.111. The van der Waals surface area contributed by atoms with Crippen LogP contribution in [-0.4, -0.2) is 20.2 Å². The SMILES string of the molecule is CCCC1OS(=O)(O)=CC1(C)C. The Morgan fingerprint density at radius 2 is 2.25 bits per heavy atom. The van der Waals surface area contributed by atoms with Crippen molar-refractivity contribution in [3.8, 4) is 0 Å². The molecule has 0 aliphatic carbocycles. The molecule has 4 heteroatoms. The predicted octanol–water partition coefficient (Wildman–Crippen LogP) is 1.69. The van der Waals surface area contributed by atoms with Crippen molar-refractivity contribution in [2.45, 2.75) is 39.7 Å². The van der Waals surface area contributed by atoms with Crippen LogP contribution in [0.3, 0.4) is 0 Å². The van der Waals surface area contributed by atoms with Crippen molar-refractivity contribution in [3.63, 3.8) is 0 Å². The van der Waals surface area contributed by atoms with Crippen molar-refractivity contribution in [3.05, 3.63) is 0 Å². The van der Waals surface area contributed by atoms with E-state index in [0.29, 0.717) is 0 Å². The molecule has 3 nitrogen and oxygen atoms in total. The Morgan fingerprint density at radius 1 is 1.67 bits per heavy atom. The van der Waals surface area contributed by atoms with Gasteiger partial charge in [-0.15, -0.1) is 0 Å². The molecule has 72 valence electrons. The maximum absolute atomic E-state index is 11.2. The van der Waals surface area contributed by atoms with Gasteiger partial charge in [0.1, 0.15) is 0 Å². The average molecular weight is 192 g/mol. The first-order valence-corrected chi connectivity index (χ1v) is 5.68. The van der Waals surface area contributed by atoms with Gasteiger partial charge >= 0.3 is 0 Å². The van der Waals surface area contributed by atoms with Crippen molar-refractivity contribution in [2.24, 2.45) is 5.41 Å². The Labute approximate surface area is 74.2 Å². The fourth-order valence-corrected chi connectivity index (χ4v) is 3.11. The van der Waals surface area contributed by atoms with E-state index in [2.05, 4.69) is 0 Å². The molecular formula is C8H16O3S. The molecule has 0 saturated heterocycles. The molecule has 1 heterocycles. The molecule has 2 atom stereocenters. The quantitative estimate of drug-likeness (QED) is 0.677.